The molecule has 1 unspecified atom stereocenters. The number of imide groups is 1. The molecule has 0 radical (unpaired) electrons. The fourth-order valence-electron chi connectivity index (χ4n) is 10.2. The van der Waals surface area contributed by atoms with Crippen LogP contribution in [0.4, 0.5) is 16.2 Å². The SMILES string of the molecule is CCN(CC)c1ccc2c(c1)Oc1cc(N(CC)CC)ccc1C2=C1C=CC(=NC(=S)NCCCCCCc2c(C)c(C)c3c(c2C)CCC(C)(COc2ccc(C=C4SC(=O)NC4=O)cc2)O3)C=C1C(=O)O. The van der Waals surface area contributed by atoms with E-state index in [4.69, 9.17) is 26.4 Å². The fraction of sp³-hybridized carbons (Fsp3) is 0.373. The minimum Gasteiger partial charge on any atom is -0.489 e. The van der Waals surface area contributed by atoms with Crippen LogP contribution in [0.5, 0.6) is 23.0 Å². The summed E-state index contributed by atoms with van der Waals surface area (Å²) in [5.74, 6) is 1.65. The molecule has 14 heteroatoms. The summed E-state index contributed by atoms with van der Waals surface area (Å²) in [6.07, 6.45) is 13.8. The van der Waals surface area contributed by atoms with Crippen molar-refractivity contribution in [1.82, 2.24) is 10.6 Å². The van der Waals surface area contributed by atoms with E-state index in [9.17, 15) is 19.5 Å². The zero-order chi connectivity index (χ0) is 52.0. The third-order valence-corrected chi connectivity index (χ3v) is 15.5. The predicted octanol–water partition coefficient (Wildman–Crippen LogP) is 12.4. The molecule has 3 heterocycles. The Labute approximate surface area is 439 Å². The number of benzene rings is 4. The van der Waals surface area contributed by atoms with Gasteiger partial charge in [-0.25, -0.2) is 9.79 Å². The van der Waals surface area contributed by atoms with E-state index in [-0.39, 0.29) is 16.7 Å². The Morgan fingerprint density at radius 2 is 1.52 bits per heavy atom. The molecule has 3 N–H and O–H groups in total. The summed E-state index contributed by atoms with van der Waals surface area (Å²) < 4.78 is 19.7. The topological polar surface area (TPSA) is 142 Å². The van der Waals surface area contributed by atoms with Gasteiger partial charge in [0.15, 0.2) is 5.11 Å². The molecule has 1 atom stereocenters. The molecule has 4 aromatic carbocycles. The van der Waals surface area contributed by atoms with Crippen LogP contribution in [0.2, 0.25) is 0 Å². The summed E-state index contributed by atoms with van der Waals surface area (Å²) in [6.45, 7) is 21.7. The zero-order valence-corrected chi connectivity index (χ0v) is 45.0. The van der Waals surface area contributed by atoms with Crippen LogP contribution in [-0.2, 0) is 22.4 Å². The van der Waals surface area contributed by atoms with Crippen molar-refractivity contribution < 1.29 is 33.7 Å². The van der Waals surface area contributed by atoms with Crippen molar-refractivity contribution in [1.29, 1.82) is 0 Å². The second-order valence-electron chi connectivity index (χ2n) is 19.1. The number of aliphatic carboxylic acids is 1. The highest BCUT2D eigenvalue weighted by Gasteiger charge is 2.36. The van der Waals surface area contributed by atoms with Crippen LogP contribution in [0.15, 0.2) is 99.9 Å². The molecule has 8 rings (SSSR count). The molecule has 382 valence electrons. The van der Waals surface area contributed by atoms with Gasteiger partial charge in [0.1, 0.15) is 35.2 Å². The van der Waals surface area contributed by atoms with E-state index in [1.54, 1.807) is 12.2 Å². The molecule has 12 nitrogen and oxygen atoms in total. The molecule has 0 spiro atoms. The van der Waals surface area contributed by atoms with Crippen molar-refractivity contribution in [3.8, 4) is 23.0 Å². The predicted molar refractivity (Wildman–Crippen MR) is 300 cm³/mol. The maximum atomic E-state index is 13.0. The lowest BCUT2D eigenvalue weighted by Gasteiger charge is -2.38. The number of carboxylic acids is 1. The van der Waals surface area contributed by atoms with Crippen molar-refractivity contribution in [3.05, 3.63) is 139 Å². The Balaban J connectivity index is 0.854. The van der Waals surface area contributed by atoms with Crippen LogP contribution in [0.1, 0.15) is 111 Å². The maximum absolute atomic E-state index is 13.0. The number of thiocarbonyl (C=S) groups is 1. The maximum Gasteiger partial charge on any atom is 0.336 e. The molecular weight excluding hydrogens is 955 g/mol. The number of hydrogen-bond donors (Lipinski definition) is 3. The number of aliphatic imine (C=N–C) groups is 1. The van der Waals surface area contributed by atoms with Gasteiger partial charge >= 0.3 is 5.97 Å². The second kappa shape index (κ2) is 23.1. The third kappa shape index (κ3) is 11.8. The number of anilines is 2. The molecule has 1 fully saturated rings. The van der Waals surface area contributed by atoms with Crippen molar-refractivity contribution in [2.45, 2.75) is 106 Å². The first-order chi connectivity index (χ1) is 35.1. The number of hydrogen-bond acceptors (Lipinski definition) is 10. The van der Waals surface area contributed by atoms with E-state index in [0.29, 0.717) is 51.7 Å². The van der Waals surface area contributed by atoms with Crippen LogP contribution in [0, 0.1) is 20.8 Å². The summed E-state index contributed by atoms with van der Waals surface area (Å²) in [5, 5.41) is 16.2. The van der Waals surface area contributed by atoms with Gasteiger partial charge in [0.05, 0.1) is 16.2 Å². The molecule has 2 amide bonds. The monoisotopic (exact) mass is 1020 g/mol. The van der Waals surface area contributed by atoms with Gasteiger partial charge in [0, 0.05) is 72.9 Å². The standard InChI is InChI=1S/C59H67N5O7S2/c1-9-63(10-2)41-21-26-47-50(33-41)70-51-34-42(64(11-3)12-4)22-27-48(51)53(47)46-25-20-40(32-49(46)56(66)67)61-57(72)60-30-16-14-13-15-17-44-36(5)37(6)54-45(38(44)7)28-29-59(8,71-54)35-69-43-23-18-39(19-24-43)31-52-55(65)62-58(68)73-52/h18-27,31-34H,9-17,28-30,35H2,1-8H3,(H,60,72)(H,66,67)(H,62,65,68). The Bertz CT molecular complexity index is 2920. The summed E-state index contributed by atoms with van der Waals surface area (Å²) in [4.78, 5) is 46.1. The van der Waals surface area contributed by atoms with E-state index < -0.39 is 11.6 Å². The summed E-state index contributed by atoms with van der Waals surface area (Å²) >= 11 is 6.56. The van der Waals surface area contributed by atoms with Crippen molar-refractivity contribution in [2.75, 3.05) is 49.1 Å². The molecule has 1 saturated heterocycles. The van der Waals surface area contributed by atoms with Gasteiger partial charge in [0.25, 0.3) is 11.1 Å². The van der Waals surface area contributed by atoms with Gasteiger partial charge in [-0.2, -0.15) is 0 Å². The lowest BCUT2D eigenvalue weighted by Crippen LogP contribution is -2.42. The number of ether oxygens (including phenoxy) is 3. The fourth-order valence-corrected chi connectivity index (χ4v) is 11.1. The minimum absolute atomic E-state index is 0.141. The van der Waals surface area contributed by atoms with E-state index in [1.165, 1.54) is 27.8 Å². The molecule has 3 aliphatic heterocycles. The van der Waals surface area contributed by atoms with Gasteiger partial charge in [-0.15, -0.1) is 0 Å². The number of amides is 2. The highest BCUT2D eigenvalue weighted by Crippen LogP contribution is 2.49. The number of carbonyl (C=O) groups is 3. The Morgan fingerprint density at radius 1 is 0.877 bits per heavy atom. The number of carboxylic acid groups (broad SMARTS) is 1. The van der Waals surface area contributed by atoms with E-state index in [2.05, 4.69) is 105 Å². The lowest BCUT2D eigenvalue weighted by atomic mass is 9.84. The molecule has 0 aromatic heterocycles. The number of thioether (sulfide) groups is 1. The summed E-state index contributed by atoms with van der Waals surface area (Å²) in [7, 11) is 0. The Kier molecular flexibility index (Phi) is 16.6. The number of unbranched alkanes of at least 4 members (excludes halogenated alkanes) is 3. The largest absolute Gasteiger partial charge is 0.489 e. The molecular formula is C59H67N5O7S2. The van der Waals surface area contributed by atoms with Gasteiger partial charge in [-0.05, 0) is 205 Å². The number of nitrogens with zero attached hydrogens (tertiary/aromatic N) is 3. The highest BCUT2D eigenvalue weighted by atomic mass is 32.2. The Hall–Kier alpha value is -6.64. The molecule has 73 heavy (non-hydrogen) atoms. The van der Waals surface area contributed by atoms with Crippen molar-refractivity contribution in [2.24, 2.45) is 4.99 Å². The van der Waals surface area contributed by atoms with Crippen LogP contribution >= 0.6 is 24.0 Å². The average Bonchev–Trinajstić information content (AvgIpc) is 3.70. The lowest BCUT2D eigenvalue weighted by molar-refractivity contribution is -0.132. The smallest absolute Gasteiger partial charge is 0.336 e. The number of carbonyl (C=O) groups excluding carboxylic acids is 2. The number of allylic oxidation sites excluding steroid dienone is 3. The minimum atomic E-state index is -1.05. The number of nitrogens with one attached hydrogen (secondary N) is 2. The number of fused-ring (bicyclic) bond motifs is 3. The van der Waals surface area contributed by atoms with E-state index in [1.807, 2.05) is 48.6 Å². The van der Waals surface area contributed by atoms with Crippen molar-refractivity contribution >= 4 is 74.9 Å². The molecule has 0 bridgehead atoms. The normalized spacial score (nSPS) is 17.8. The highest BCUT2D eigenvalue weighted by molar-refractivity contribution is 8.18. The molecule has 1 aliphatic carbocycles. The first-order valence-corrected chi connectivity index (χ1v) is 26.9. The Morgan fingerprint density at radius 3 is 2.12 bits per heavy atom. The molecule has 4 aromatic rings. The van der Waals surface area contributed by atoms with Gasteiger partial charge < -0.3 is 34.4 Å². The first kappa shape index (κ1) is 52.7. The van der Waals surface area contributed by atoms with E-state index in [0.717, 1.165) is 122 Å². The van der Waals surface area contributed by atoms with Gasteiger partial charge in [-0.1, -0.05) is 31.1 Å². The van der Waals surface area contributed by atoms with E-state index >= 15 is 0 Å². The van der Waals surface area contributed by atoms with Crippen molar-refractivity contribution in [3.63, 3.8) is 0 Å². The zero-order valence-electron chi connectivity index (χ0n) is 43.3. The van der Waals surface area contributed by atoms with Gasteiger partial charge in [0.2, 0.25) is 0 Å². The van der Waals surface area contributed by atoms with Gasteiger partial charge in [-0.3, -0.25) is 14.9 Å². The second-order valence-corrected chi connectivity index (χ2v) is 20.6. The quantitative estimate of drug-likeness (QED) is 0.0437. The number of rotatable bonds is 18. The third-order valence-electron chi connectivity index (χ3n) is 14.5. The summed E-state index contributed by atoms with van der Waals surface area (Å²) in [5.41, 5.74) is 12.6. The summed E-state index contributed by atoms with van der Waals surface area (Å²) in [6, 6.07) is 19.8. The van der Waals surface area contributed by atoms with Crippen LogP contribution < -0.4 is 34.6 Å². The molecule has 4 aliphatic rings. The average molecular weight is 1020 g/mol. The first-order valence-electron chi connectivity index (χ1n) is 25.6. The van der Waals surface area contributed by atoms with Crippen LogP contribution in [0.25, 0.3) is 11.6 Å². The van der Waals surface area contributed by atoms with Crippen LogP contribution in [0.3, 0.4) is 0 Å². The molecule has 0 saturated carbocycles. The van der Waals surface area contributed by atoms with Crippen LogP contribution in [-0.4, -0.2) is 78.0 Å².